The highest BCUT2D eigenvalue weighted by molar-refractivity contribution is 6.29. The predicted octanol–water partition coefficient (Wildman–Crippen LogP) is -0.796. The van der Waals surface area contributed by atoms with E-state index in [9.17, 15) is 9.59 Å². The van der Waals surface area contributed by atoms with Crippen LogP contribution in [0, 0.1) is 5.41 Å². The average Bonchev–Trinajstić information content (AvgIpc) is 1.98. The van der Waals surface area contributed by atoms with Crippen molar-refractivity contribution in [2.75, 3.05) is 7.11 Å². The largest absolute Gasteiger partial charge is 0.461 e. The molecule has 6 heteroatoms. The maximum Gasteiger partial charge on any atom is 0.441 e. The summed E-state index contributed by atoms with van der Waals surface area (Å²) in [6, 6.07) is 0. The number of ether oxygens (including phenoxy) is 1. The number of nitrogens with one attached hydrogen (secondary N) is 2. The standard InChI is InChI=1S/C5H8N2O4/c1-3(6)7-11-5(9)4(8)10-2/h1-2H3,(H2,6,7). The van der Waals surface area contributed by atoms with Gasteiger partial charge in [-0.25, -0.2) is 15.1 Å². The van der Waals surface area contributed by atoms with Crippen molar-refractivity contribution < 1.29 is 19.2 Å². The minimum atomic E-state index is -1.18. The molecule has 0 aromatic rings. The molecule has 62 valence electrons. The van der Waals surface area contributed by atoms with Gasteiger partial charge in [0.15, 0.2) is 0 Å². The minimum Gasteiger partial charge on any atom is -0.461 e. The van der Waals surface area contributed by atoms with E-state index in [0.29, 0.717) is 0 Å². The van der Waals surface area contributed by atoms with E-state index in [1.807, 2.05) is 5.48 Å². The Kier molecular flexibility index (Phi) is 3.65. The molecular weight excluding hydrogens is 152 g/mol. The summed E-state index contributed by atoms with van der Waals surface area (Å²) in [7, 11) is 1.06. The third-order valence-electron chi connectivity index (χ3n) is 0.649. The third-order valence-corrected chi connectivity index (χ3v) is 0.649. The number of hydrogen-bond donors (Lipinski definition) is 2. The Labute approximate surface area is 62.9 Å². The first-order valence-corrected chi connectivity index (χ1v) is 2.68. The maximum absolute atomic E-state index is 10.4. The van der Waals surface area contributed by atoms with Crippen LogP contribution in [0.5, 0.6) is 0 Å². The van der Waals surface area contributed by atoms with E-state index in [4.69, 9.17) is 5.41 Å². The van der Waals surface area contributed by atoms with Gasteiger partial charge >= 0.3 is 11.9 Å². The SMILES string of the molecule is COC(=O)C(=O)ONC(C)=N. The Bertz CT molecular complexity index is 189. The molecule has 0 unspecified atom stereocenters. The Morgan fingerprint density at radius 2 is 1.91 bits per heavy atom. The summed E-state index contributed by atoms with van der Waals surface area (Å²) in [6.45, 7) is 1.35. The highest BCUT2D eigenvalue weighted by Crippen LogP contribution is 1.78. The van der Waals surface area contributed by atoms with Crippen molar-refractivity contribution in [3.8, 4) is 0 Å². The van der Waals surface area contributed by atoms with Crippen LogP contribution in [0.25, 0.3) is 0 Å². The molecular formula is C5H8N2O4. The van der Waals surface area contributed by atoms with Gasteiger partial charge in [-0.2, -0.15) is 0 Å². The van der Waals surface area contributed by atoms with Gasteiger partial charge in [-0.15, -0.1) is 0 Å². The van der Waals surface area contributed by atoms with Crippen LogP contribution in [0.15, 0.2) is 0 Å². The zero-order chi connectivity index (χ0) is 8.85. The van der Waals surface area contributed by atoms with Crippen LogP contribution in [-0.4, -0.2) is 24.9 Å². The van der Waals surface area contributed by atoms with Gasteiger partial charge in [0.05, 0.1) is 7.11 Å². The van der Waals surface area contributed by atoms with Gasteiger partial charge in [0, 0.05) is 0 Å². The Hall–Kier alpha value is -1.59. The summed E-state index contributed by atoms with van der Waals surface area (Å²) in [5.41, 5.74) is 1.89. The molecule has 0 aromatic heterocycles. The van der Waals surface area contributed by atoms with Crippen molar-refractivity contribution in [2.45, 2.75) is 6.92 Å². The average molecular weight is 160 g/mol. The van der Waals surface area contributed by atoms with Gasteiger partial charge in [0.25, 0.3) is 0 Å². The van der Waals surface area contributed by atoms with Gasteiger partial charge in [-0.1, -0.05) is 0 Å². The lowest BCUT2D eigenvalue weighted by molar-refractivity contribution is -0.168. The van der Waals surface area contributed by atoms with Crippen LogP contribution >= 0.6 is 0 Å². The second kappa shape index (κ2) is 4.26. The summed E-state index contributed by atoms with van der Waals surface area (Å²) in [6.07, 6.45) is 0. The molecule has 0 heterocycles. The molecule has 0 radical (unpaired) electrons. The number of carbonyl (C=O) groups excluding carboxylic acids is 2. The normalized spacial score (nSPS) is 8.18. The van der Waals surface area contributed by atoms with Crippen molar-refractivity contribution in [3.05, 3.63) is 0 Å². The molecule has 0 aromatic carbocycles. The maximum atomic E-state index is 10.4. The topological polar surface area (TPSA) is 88.5 Å². The fourth-order valence-electron chi connectivity index (χ4n) is 0.248. The smallest absolute Gasteiger partial charge is 0.441 e. The summed E-state index contributed by atoms with van der Waals surface area (Å²) in [5.74, 6) is -2.37. The van der Waals surface area contributed by atoms with Crippen LogP contribution < -0.4 is 5.48 Å². The summed E-state index contributed by atoms with van der Waals surface area (Å²) < 4.78 is 4.02. The second-order valence-electron chi connectivity index (χ2n) is 1.61. The molecule has 0 saturated heterocycles. The Balaban J connectivity index is 3.70. The second-order valence-corrected chi connectivity index (χ2v) is 1.61. The molecule has 0 bridgehead atoms. The summed E-state index contributed by atoms with van der Waals surface area (Å²) in [5, 5.41) is 6.75. The molecule has 0 aliphatic heterocycles. The fraction of sp³-hybridized carbons (Fsp3) is 0.400. The lowest BCUT2D eigenvalue weighted by Crippen LogP contribution is -2.29. The van der Waals surface area contributed by atoms with E-state index in [2.05, 4.69) is 9.57 Å². The number of esters is 1. The number of hydrogen-bond acceptors (Lipinski definition) is 5. The number of methoxy groups -OCH3 is 1. The third kappa shape index (κ3) is 3.90. The lowest BCUT2D eigenvalue weighted by atomic mass is 10.7. The molecule has 0 atom stereocenters. The summed E-state index contributed by atoms with van der Waals surface area (Å²) >= 11 is 0. The van der Waals surface area contributed by atoms with Gasteiger partial charge in [0.2, 0.25) is 0 Å². The minimum absolute atomic E-state index is 0.0812. The number of carbonyl (C=O) groups is 2. The monoisotopic (exact) mass is 160 g/mol. The Morgan fingerprint density at radius 3 is 2.27 bits per heavy atom. The number of rotatable bonds is 0. The van der Waals surface area contributed by atoms with Crippen molar-refractivity contribution in [1.29, 1.82) is 5.41 Å². The highest BCUT2D eigenvalue weighted by atomic mass is 16.7. The van der Waals surface area contributed by atoms with Crippen LogP contribution in [0.4, 0.5) is 0 Å². The molecule has 0 fully saturated rings. The van der Waals surface area contributed by atoms with Crippen molar-refractivity contribution >= 4 is 17.8 Å². The van der Waals surface area contributed by atoms with Gasteiger partial charge in [0.1, 0.15) is 5.84 Å². The molecule has 0 aliphatic carbocycles. The van der Waals surface area contributed by atoms with Crippen molar-refractivity contribution in [3.63, 3.8) is 0 Å². The van der Waals surface area contributed by atoms with Crippen LogP contribution in [0.1, 0.15) is 6.92 Å². The lowest BCUT2D eigenvalue weighted by Gasteiger charge is -2.01. The van der Waals surface area contributed by atoms with Crippen LogP contribution in [-0.2, 0) is 19.2 Å². The quantitative estimate of drug-likeness (QED) is 0.159. The van der Waals surface area contributed by atoms with E-state index < -0.39 is 11.9 Å². The zero-order valence-electron chi connectivity index (χ0n) is 6.13. The number of amidine groups is 1. The molecule has 0 amide bonds. The summed E-state index contributed by atoms with van der Waals surface area (Å²) in [4.78, 5) is 24.8. The molecule has 6 nitrogen and oxygen atoms in total. The molecule has 0 rings (SSSR count). The molecule has 11 heavy (non-hydrogen) atoms. The van der Waals surface area contributed by atoms with E-state index in [-0.39, 0.29) is 5.84 Å². The van der Waals surface area contributed by atoms with Gasteiger partial charge < -0.3 is 9.57 Å². The first-order chi connectivity index (χ1) is 5.07. The van der Waals surface area contributed by atoms with Gasteiger partial charge in [-0.3, -0.25) is 5.41 Å². The highest BCUT2D eigenvalue weighted by Gasteiger charge is 2.15. The predicted molar refractivity (Wildman–Crippen MR) is 34.6 cm³/mol. The van der Waals surface area contributed by atoms with E-state index in [1.54, 1.807) is 0 Å². The number of hydroxylamine groups is 1. The van der Waals surface area contributed by atoms with E-state index >= 15 is 0 Å². The van der Waals surface area contributed by atoms with Crippen LogP contribution in [0.2, 0.25) is 0 Å². The first-order valence-electron chi connectivity index (χ1n) is 2.68. The van der Waals surface area contributed by atoms with Crippen molar-refractivity contribution in [2.24, 2.45) is 0 Å². The fourth-order valence-corrected chi connectivity index (χ4v) is 0.248. The zero-order valence-corrected chi connectivity index (χ0v) is 6.13. The van der Waals surface area contributed by atoms with E-state index in [1.165, 1.54) is 6.92 Å². The van der Waals surface area contributed by atoms with Crippen LogP contribution in [0.3, 0.4) is 0 Å². The van der Waals surface area contributed by atoms with Gasteiger partial charge in [-0.05, 0) is 6.92 Å². The molecule has 0 aliphatic rings. The van der Waals surface area contributed by atoms with Crippen molar-refractivity contribution in [1.82, 2.24) is 5.48 Å². The molecule has 0 saturated carbocycles. The molecule has 2 N–H and O–H groups in total. The first kappa shape index (κ1) is 9.41. The van der Waals surface area contributed by atoms with E-state index in [0.717, 1.165) is 7.11 Å². The Morgan fingerprint density at radius 1 is 1.36 bits per heavy atom. The molecule has 0 spiro atoms.